The van der Waals surface area contributed by atoms with Crippen molar-refractivity contribution in [3.8, 4) is 45.5 Å². The Morgan fingerprint density at radius 2 is 1.05 bits per heavy atom. The van der Waals surface area contributed by atoms with E-state index >= 15 is 0 Å². The molecule has 4 aromatic heterocycles. The van der Waals surface area contributed by atoms with E-state index < -0.39 is 5.60 Å². The summed E-state index contributed by atoms with van der Waals surface area (Å²) in [5.41, 5.74) is 16.6. The summed E-state index contributed by atoms with van der Waals surface area (Å²) in [6.45, 7) is 8.29. The molecule has 10 rings (SSSR count). The van der Waals surface area contributed by atoms with Gasteiger partial charge < -0.3 is 35.9 Å². The fourth-order valence-corrected chi connectivity index (χ4v) is 7.05. The van der Waals surface area contributed by atoms with Crippen LogP contribution in [-0.2, 0) is 4.74 Å². The zero-order chi connectivity index (χ0) is 42.1. The summed E-state index contributed by atoms with van der Waals surface area (Å²) < 4.78 is 21.0. The number of ether oxygens (including phenoxy) is 3. The van der Waals surface area contributed by atoms with Crippen LogP contribution in [0.25, 0.3) is 44.6 Å². The Kier molecular flexibility index (Phi) is 11.4. The molecule has 0 spiro atoms. The van der Waals surface area contributed by atoms with Crippen LogP contribution >= 0.6 is 0 Å². The number of hydrogen-bond donors (Lipinski definition) is 3. The van der Waals surface area contributed by atoms with E-state index in [1.54, 1.807) is 4.90 Å². The van der Waals surface area contributed by atoms with Crippen LogP contribution in [0.5, 0.6) is 23.0 Å². The van der Waals surface area contributed by atoms with Crippen molar-refractivity contribution in [1.82, 2.24) is 49.7 Å². The molecule has 2 fully saturated rings. The standard InChI is InChI=1S/C25H26N6O3.C20H18N6O.CH4.H2/c1-25(2,3)34-24(32)30-13-17(14-30)31-23-20(22(26)27-15-28-23)21(29-31)16-9-11-19(12-10-16)33-18-7-5-4-6-8-18;21-19-17-18(25-26(14-10-22-11-14)20(17)24-12-23-19)13-6-8-16(9-7-13)27-15-4-2-1-3-5-15;;/h4-12,15,17H,13-14H2,1-3H3,(H2,26,27,28);1-9,12,14,22H,10-11H2,(H2,21,23,24);1H4;1H/i;;;1+1. The van der Waals surface area contributed by atoms with Gasteiger partial charge in [-0.05, 0) is 93.6 Å². The fraction of sp³-hybridized carbons (Fsp3) is 0.239. The maximum absolute atomic E-state index is 12.3. The summed E-state index contributed by atoms with van der Waals surface area (Å²) in [7, 11) is 0. The second-order valence-electron chi connectivity index (χ2n) is 15.7. The number of nitrogens with two attached hydrogens (primary N) is 2. The lowest BCUT2D eigenvalue weighted by atomic mass is 10.1. The first-order valence-corrected chi connectivity index (χ1v) is 19.9. The first-order chi connectivity index (χ1) is 29.6. The Balaban J connectivity index is 0.000000187. The number of hydrogen-bond acceptors (Lipinski definition) is 13. The minimum atomic E-state index is -0.536. The molecule has 1 amide bonds. The lowest BCUT2D eigenvalue weighted by Gasteiger charge is -2.39. The Morgan fingerprint density at radius 3 is 1.45 bits per heavy atom. The third kappa shape index (κ3) is 8.53. The van der Waals surface area contributed by atoms with Crippen molar-refractivity contribution >= 4 is 39.8 Å². The van der Waals surface area contributed by atoms with Crippen LogP contribution < -0.4 is 26.3 Å². The third-order valence-electron chi connectivity index (χ3n) is 10.2. The van der Waals surface area contributed by atoms with Gasteiger partial charge in [0.1, 0.15) is 64.3 Å². The highest BCUT2D eigenvalue weighted by Gasteiger charge is 2.37. The average Bonchev–Trinajstić information content (AvgIpc) is 3.79. The molecule has 0 radical (unpaired) electrons. The van der Waals surface area contributed by atoms with Crippen molar-refractivity contribution in [2.45, 2.75) is 45.9 Å². The number of nitrogens with one attached hydrogen (secondary N) is 1. The third-order valence-corrected chi connectivity index (χ3v) is 10.2. The number of aromatic nitrogens is 8. The SMILES string of the molecule is C.CC(C)(C)OC(=O)N1CC(n2nc(-c3ccc(Oc4ccccc4)cc3)c3c(N)ncnc32)C1.Nc1ncnc2c1c(-c1ccc(Oc3ccccc3)cc1)nn2C1CNC1.[2HH]. The zero-order valence-corrected chi connectivity index (χ0v) is 33.8. The van der Waals surface area contributed by atoms with Gasteiger partial charge in [0.05, 0.1) is 22.9 Å². The Labute approximate surface area is 360 Å². The van der Waals surface area contributed by atoms with Gasteiger partial charge >= 0.3 is 6.09 Å². The van der Waals surface area contributed by atoms with Crippen LogP contribution in [0.4, 0.5) is 16.4 Å². The summed E-state index contributed by atoms with van der Waals surface area (Å²) in [5.74, 6) is 3.85. The van der Waals surface area contributed by atoms with Gasteiger partial charge in [0.15, 0.2) is 11.3 Å². The Morgan fingerprint density at radius 1 is 0.629 bits per heavy atom. The number of fused-ring (bicyclic) bond motifs is 2. The second kappa shape index (κ2) is 17.2. The van der Waals surface area contributed by atoms with E-state index in [0.717, 1.165) is 63.9 Å². The van der Waals surface area contributed by atoms with Gasteiger partial charge in [-0.1, -0.05) is 43.8 Å². The van der Waals surface area contributed by atoms with Gasteiger partial charge in [0, 0.05) is 38.7 Å². The van der Waals surface area contributed by atoms with Gasteiger partial charge in [0.25, 0.3) is 0 Å². The number of carbonyl (C=O) groups is 1. The summed E-state index contributed by atoms with van der Waals surface area (Å²) in [6, 6.07) is 35.0. The minimum absolute atomic E-state index is 0. The Hall–Kier alpha value is -7.59. The molecule has 0 aliphatic carbocycles. The number of para-hydroxylation sites is 2. The van der Waals surface area contributed by atoms with Crippen molar-refractivity contribution < 1.29 is 20.4 Å². The highest BCUT2D eigenvalue weighted by Crippen LogP contribution is 2.36. The number of amides is 1. The molecule has 8 aromatic rings. The summed E-state index contributed by atoms with van der Waals surface area (Å²) in [4.78, 5) is 31.2. The van der Waals surface area contributed by atoms with Crippen molar-refractivity contribution in [2.24, 2.45) is 0 Å². The molecule has 16 heteroatoms. The van der Waals surface area contributed by atoms with Crippen molar-refractivity contribution in [3.05, 3.63) is 122 Å². The number of benzene rings is 4. The maximum Gasteiger partial charge on any atom is 0.410 e. The smallest absolute Gasteiger partial charge is 0.410 e. The largest absolute Gasteiger partial charge is 0.457 e. The predicted molar refractivity (Wildman–Crippen MR) is 241 cm³/mol. The molecular formula is C46H50N12O4. The van der Waals surface area contributed by atoms with E-state index in [2.05, 4.69) is 25.3 Å². The van der Waals surface area contributed by atoms with E-state index in [-0.39, 0.29) is 27.0 Å². The molecular weight excluding hydrogens is 785 g/mol. The van der Waals surface area contributed by atoms with Gasteiger partial charge in [-0.15, -0.1) is 0 Å². The molecule has 16 nitrogen and oxygen atoms in total. The number of nitrogen functional groups attached to an aromatic ring is 2. The average molecular weight is 836 g/mol. The topological polar surface area (TPSA) is 199 Å². The molecule has 0 atom stereocenters. The molecule has 318 valence electrons. The molecule has 5 N–H and O–H groups in total. The van der Waals surface area contributed by atoms with Crippen molar-refractivity contribution in [2.75, 3.05) is 37.6 Å². The van der Waals surface area contributed by atoms with Gasteiger partial charge in [0.2, 0.25) is 0 Å². The van der Waals surface area contributed by atoms with Gasteiger partial charge in [-0.2, -0.15) is 10.2 Å². The lowest BCUT2D eigenvalue weighted by Crippen LogP contribution is -2.52. The number of rotatable bonds is 8. The van der Waals surface area contributed by atoms with Crippen molar-refractivity contribution in [3.63, 3.8) is 0 Å². The maximum atomic E-state index is 12.3. The number of nitrogens with zero attached hydrogens (tertiary/aromatic N) is 9. The quantitative estimate of drug-likeness (QED) is 0.132. The summed E-state index contributed by atoms with van der Waals surface area (Å²) in [5, 5.41) is 14.4. The summed E-state index contributed by atoms with van der Waals surface area (Å²) >= 11 is 0. The van der Waals surface area contributed by atoms with Crippen LogP contribution in [0.15, 0.2) is 122 Å². The van der Waals surface area contributed by atoms with E-state index in [4.69, 9.17) is 35.9 Å². The van der Waals surface area contributed by atoms with E-state index in [1.165, 1.54) is 12.7 Å². The molecule has 2 aliphatic heterocycles. The molecule has 6 heterocycles. The molecule has 2 aliphatic rings. The van der Waals surface area contributed by atoms with Crippen molar-refractivity contribution in [1.29, 1.82) is 0 Å². The number of likely N-dealkylation sites (tertiary alicyclic amines) is 1. The molecule has 0 bridgehead atoms. The first kappa shape index (κ1) is 41.2. The molecule has 0 unspecified atom stereocenters. The van der Waals surface area contributed by atoms with Crippen LogP contribution in [0.3, 0.4) is 0 Å². The normalized spacial score (nSPS) is 14.0. The molecule has 2 saturated heterocycles. The fourth-order valence-electron chi connectivity index (χ4n) is 7.05. The van der Waals surface area contributed by atoms with E-state index in [9.17, 15) is 4.79 Å². The Bertz CT molecular complexity index is 2800. The van der Waals surface area contributed by atoms with Gasteiger partial charge in [-0.25, -0.2) is 34.1 Å². The highest BCUT2D eigenvalue weighted by molar-refractivity contribution is 5.99. The predicted octanol–water partition coefficient (Wildman–Crippen LogP) is 8.55. The monoisotopic (exact) mass is 835 g/mol. The van der Waals surface area contributed by atoms with Crippen LogP contribution in [-0.4, -0.2) is 82.3 Å². The van der Waals surface area contributed by atoms with Gasteiger partial charge in [-0.3, -0.25) is 0 Å². The van der Waals surface area contributed by atoms with Crippen LogP contribution in [0.2, 0.25) is 0 Å². The number of anilines is 2. The minimum Gasteiger partial charge on any atom is -0.457 e. The van der Waals surface area contributed by atoms with E-state index in [0.29, 0.717) is 41.5 Å². The summed E-state index contributed by atoms with van der Waals surface area (Å²) in [6.07, 6.45) is 2.59. The zero-order valence-electron chi connectivity index (χ0n) is 33.8. The lowest BCUT2D eigenvalue weighted by molar-refractivity contribution is 0.000110. The van der Waals surface area contributed by atoms with E-state index in [1.807, 2.05) is 139 Å². The highest BCUT2D eigenvalue weighted by atomic mass is 16.6. The van der Waals surface area contributed by atoms with Crippen LogP contribution in [0, 0.1) is 0 Å². The molecule has 4 aromatic carbocycles. The molecule has 62 heavy (non-hydrogen) atoms. The second-order valence-corrected chi connectivity index (χ2v) is 15.7. The molecule has 0 saturated carbocycles. The van der Waals surface area contributed by atoms with Crippen LogP contribution in [0.1, 0.15) is 41.7 Å². The first-order valence-electron chi connectivity index (χ1n) is 19.9. The number of carbonyl (C=O) groups excluding carboxylic acids is 1.